The van der Waals surface area contributed by atoms with E-state index in [0.717, 1.165) is 12.8 Å². The molecule has 6 nitrogen and oxygen atoms in total. The fourth-order valence-electron chi connectivity index (χ4n) is 11.7. The van der Waals surface area contributed by atoms with Crippen molar-refractivity contribution in [3.05, 3.63) is 48.6 Å². The summed E-state index contributed by atoms with van der Waals surface area (Å²) in [6.45, 7) is 0. The minimum Gasteiger partial charge on any atom is -0.299 e. The Labute approximate surface area is 226 Å². The number of hydrogen-bond acceptors (Lipinski definition) is 6. The van der Waals surface area contributed by atoms with Crippen LogP contribution in [0.1, 0.15) is 19.3 Å². The van der Waals surface area contributed by atoms with Crippen LogP contribution in [0.2, 0.25) is 0 Å². The number of fused-ring (bicyclic) bond motifs is 8. The molecule has 6 heteroatoms. The second kappa shape index (κ2) is 7.38. The van der Waals surface area contributed by atoms with Crippen LogP contribution in [0.25, 0.3) is 0 Å². The van der Waals surface area contributed by atoms with E-state index >= 15 is 0 Å². The van der Waals surface area contributed by atoms with E-state index < -0.39 is 0 Å². The van der Waals surface area contributed by atoms with Crippen LogP contribution in [0, 0.1) is 94.7 Å². The van der Waals surface area contributed by atoms with Gasteiger partial charge in [0.15, 0.2) is 23.1 Å². The van der Waals surface area contributed by atoms with Crippen LogP contribution in [-0.2, 0) is 28.8 Å². The Morgan fingerprint density at radius 3 is 1.00 bits per heavy atom. The fraction of sp³-hybridized carbons (Fsp3) is 0.576. The van der Waals surface area contributed by atoms with Gasteiger partial charge in [0.1, 0.15) is 11.6 Å². The van der Waals surface area contributed by atoms with Crippen molar-refractivity contribution in [2.45, 2.75) is 19.3 Å². The molecule has 0 aromatic carbocycles. The first-order valence-electron chi connectivity index (χ1n) is 14.8. The zero-order valence-electron chi connectivity index (χ0n) is 21.4. The maximum absolute atomic E-state index is 11.9. The van der Waals surface area contributed by atoms with E-state index in [1.165, 1.54) is 6.42 Å². The predicted molar refractivity (Wildman–Crippen MR) is 136 cm³/mol. The summed E-state index contributed by atoms with van der Waals surface area (Å²) in [5.74, 6) is 6.43. The molecule has 0 N–H and O–H groups in total. The number of carbonyl (C=O) groups excluding carboxylic acids is 6. The molecule has 0 saturated heterocycles. The Balaban J connectivity index is 0.0000000850. The second-order valence-electron chi connectivity index (χ2n) is 13.9. The summed E-state index contributed by atoms with van der Waals surface area (Å²) in [6, 6.07) is 0. The van der Waals surface area contributed by atoms with Gasteiger partial charge in [0.05, 0.1) is 0 Å². The van der Waals surface area contributed by atoms with Gasteiger partial charge in [-0.1, -0.05) is 24.3 Å². The average Bonchev–Trinajstić information content (AvgIpc) is 3.72. The Morgan fingerprint density at radius 1 is 0.385 bits per heavy atom. The molecule has 11 rings (SSSR count). The maximum Gasteiger partial charge on any atom is 0.159 e. The molecule has 0 aromatic heterocycles. The molecule has 0 spiro atoms. The zero-order chi connectivity index (χ0) is 26.5. The van der Waals surface area contributed by atoms with Gasteiger partial charge in [0.25, 0.3) is 0 Å². The highest BCUT2D eigenvalue weighted by atomic mass is 16.2. The smallest absolute Gasteiger partial charge is 0.159 e. The van der Waals surface area contributed by atoms with Gasteiger partial charge < -0.3 is 0 Å². The van der Waals surface area contributed by atoms with E-state index in [9.17, 15) is 28.8 Å². The van der Waals surface area contributed by atoms with Crippen molar-refractivity contribution in [3.63, 3.8) is 0 Å². The largest absolute Gasteiger partial charge is 0.299 e. The Morgan fingerprint density at radius 2 is 0.692 bits per heavy atom. The minimum atomic E-state index is -0.0208. The zero-order valence-corrected chi connectivity index (χ0v) is 21.4. The van der Waals surface area contributed by atoms with Crippen LogP contribution in [0.3, 0.4) is 0 Å². The van der Waals surface area contributed by atoms with Crippen LogP contribution >= 0.6 is 0 Å². The second-order valence-corrected chi connectivity index (χ2v) is 13.9. The van der Waals surface area contributed by atoms with Gasteiger partial charge in [-0.25, -0.2) is 0 Å². The van der Waals surface area contributed by atoms with E-state index in [1.807, 2.05) is 24.3 Å². The van der Waals surface area contributed by atoms with E-state index in [0.29, 0.717) is 58.9 Å². The van der Waals surface area contributed by atoms with Crippen LogP contribution < -0.4 is 0 Å². The number of ketones is 6. The average molecular weight is 523 g/mol. The fourth-order valence-corrected chi connectivity index (χ4v) is 11.7. The summed E-state index contributed by atoms with van der Waals surface area (Å²) >= 11 is 0. The lowest BCUT2D eigenvalue weighted by Gasteiger charge is -2.42. The Kier molecular flexibility index (Phi) is 4.31. The van der Waals surface area contributed by atoms with Gasteiger partial charge in [-0.2, -0.15) is 0 Å². The predicted octanol–water partition coefficient (Wildman–Crippen LogP) is 2.78. The molecule has 16 atom stereocenters. The summed E-state index contributed by atoms with van der Waals surface area (Å²) in [6.07, 6.45) is 17.7. The SMILES string of the molecule is O=C1C2C3CC4C2C(=O)C2C1C3C42.O=C1C=CC2CC3C=CC(=O)C3C12.O=C1C=C[C@H]2C[C@H]3C=CC(=O)[C@H]3[C@@H]12. The molecule has 11 aliphatic carbocycles. The van der Waals surface area contributed by atoms with E-state index in [-0.39, 0.29) is 70.5 Å². The highest BCUT2D eigenvalue weighted by Gasteiger charge is 2.84. The van der Waals surface area contributed by atoms with Gasteiger partial charge in [-0.05, 0) is 90.9 Å². The van der Waals surface area contributed by atoms with E-state index in [2.05, 4.69) is 0 Å². The topological polar surface area (TPSA) is 102 Å². The number of Topliss-reactive ketones (excluding diaryl/α,β-unsaturated/α-hetero) is 2. The normalized spacial score (nSPS) is 55.3. The van der Waals surface area contributed by atoms with E-state index in [4.69, 9.17) is 0 Å². The first-order chi connectivity index (χ1) is 18.8. The lowest BCUT2D eigenvalue weighted by molar-refractivity contribution is -0.145. The molecule has 0 aliphatic heterocycles. The molecule has 2 bridgehead atoms. The van der Waals surface area contributed by atoms with Crippen LogP contribution in [0.4, 0.5) is 0 Å². The van der Waals surface area contributed by atoms with Crippen molar-refractivity contribution in [2.75, 3.05) is 0 Å². The van der Waals surface area contributed by atoms with Crippen molar-refractivity contribution in [1.29, 1.82) is 0 Å². The third-order valence-electron chi connectivity index (χ3n) is 12.9. The molecule has 0 amide bonds. The van der Waals surface area contributed by atoms with Gasteiger partial charge in [0, 0.05) is 47.3 Å². The number of carbonyl (C=O) groups is 6. The van der Waals surface area contributed by atoms with Crippen LogP contribution in [-0.4, -0.2) is 34.7 Å². The Bertz CT molecular complexity index is 1250. The lowest BCUT2D eigenvalue weighted by atomic mass is 9.59. The number of allylic oxidation sites excluding steroid dienone is 8. The molecule has 7 fully saturated rings. The lowest BCUT2D eigenvalue weighted by Crippen LogP contribution is -2.47. The van der Waals surface area contributed by atoms with Crippen molar-refractivity contribution in [3.8, 4) is 0 Å². The molecule has 12 unspecified atom stereocenters. The summed E-state index contributed by atoms with van der Waals surface area (Å²) in [7, 11) is 0. The number of rotatable bonds is 0. The molecule has 39 heavy (non-hydrogen) atoms. The molecule has 7 saturated carbocycles. The number of hydrogen-bond donors (Lipinski definition) is 0. The van der Waals surface area contributed by atoms with Crippen LogP contribution in [0.5, 0.6) is 0 Å². The molecule has 198 valence electrons. The molecular weight excluding hydrogens is 492 g/mol. The molecular formula is C33H30O6. The molecule has 0 heterocycles. The first kappa shape index (κ1) is 22.8. The summed E-state index contributed by atoms with van der Waals surface area (Å²) < 4.78 is 0. The van der Waals surface area contributed by atoms with E-state index in [1.54, 1.807) is 24.3 Å². The van der Waals surface area contributed by atoms with Crippen LogP contribution in [0.15, 0.2) is 48.6 Å². The highest BCUT2D eigenvalue weighted by Crippen LogP contribution is 2.80. The monoisotopic (exact) mass is 522 g/mol. The third-order valence-corrected chi connectivity index (χ3v) is 12.9. The highest BCUT2D eigenvalue weighted by molar-refractivity contribution is 6.07. The molecule has 0 aromatic rings. The molecule has 11 aliphatic rings. The quantitative estimate of drug-likeness (QED) is 0.485. The van der Waals surface area contributed by atoms with Gasteiger partial charge in [-0.3, -0.25) is 28.8 Å². The summed E-state index contributed by atoms with van der Waals surface area (Å²) in [4.78, 5) is 69.7. The van der Waals surface area contributed by atoms with Crippen molar-refractivity contribution in [2.24, 2.45) is 94.7 Å². The van der Waals surface area contributed by atoms with Crippen molar-refractivity contribution < 1.29 is 28.8 Å². The van der Waals surface area contributed by atoms with Gasteiger partial charge in [0.2, 0.25) is 0 Å². The van der Waals surface area contributed by atoms with Crippen molar-refractivity contribution >= 4 is 34.7 Å². The standard InChI is InChI=1S/3C11H10O2/c12-10-6-2-1-3-5-4(2)8(10)9(5)11(13)7(3)6;2*12-8-3-1-6-5-7-2-4-9(13)11(7)10(6)8/h2-9H,1H2;2*1-4,6-7,10-11H,5H2/t;6-,7+,10+,11-;. The first-order valence-corrected chi connectivity index (χ1v) is 14.8. The Hall–Kier alpha value is -3.02. The third kappa shape index (κ3) is 2.60. The van der Waals surface area contributed by atoms with Gasteiger partial charge in [-0.15, -0.1) is 0 Å². The van der Waals surface area contributed by atoms with Gasteiger partial charge >= 0.3 is 0 Å². The maximum atomic E-state index is 11.9. The minimum absolute atomic E-state index is 0.0208. The van der Waals surface area contributed by atoms with Crippen molar-refractivity contribution in [1.82, 2.24) is 0 Å². The summed E-state index contributed by atoms with van der Waals surface area (Å²) in [5.41, 5.74) is 0. The molecule has 0 radical (unpaired) electrons. The summed E-state index contributed by atoms with van der Waals surface area (Å²) in [5, 5.41) is 0.